The van der Waals surface area contributed by atoms with Crippen LogP contribution in [0, 0.1) is 18.3 Å². The van der Waals surface area contributed by atoms with Crippen LogP contribution in [0.3, 0.4) is 0 Å². The highest BCUT2D eigenvalue weighted by atomic mass is 16.5. The van der Waals surface area contributed by atoms with Gasteiger partial charge in [0.2, 0.25) is 5.71 Å². The second-order valence-corrected chi connectivity index (χ2v) is 6.08. The Bertz CT molecular complexity index is 1300. The second-order valence-electron chi connectivity index (χ2n) is 6.08. The number of nitriles is 1. The number of ether oxygens (including phenoxy) is 1. The first kappa shape index (κ1) is 16.6. The lowest BCUT2D eigenvalue weighted by atomic mass is 10.2. The smallest absolute Gasteiger partial charge is 0.342 e. The van der Waals surface area contributed by atoms with Gasteiger partial charge in [0.15, 0.2) is 0 Å². The van der Waals surface area contributed by atoms with Gasteiger partial charge < -0.3 is 18.1 Å². The van der Waals surface area contributed by atoms with E-state index in [1.807, 2.05) is 24.4 Å². The molecule has 0 aliphatic carbocycles. The lowest BCUT2D eigenvalue weighted by Gasteiger charge is -2.03. The summed E-state index contributed by atoms with van der Waals surface area (Å²) in [6, 6.07) is 7.62. The van der Waals surface area contributed by atoms with Crippen LogP contribution in [0.25, 0.3) is 16.6 Å². The Morgan fingerprint density at radius 1 is 1.41 bits per heavy atom. The topological polar surface area (TPSA) is 103 Å². The molecule has 0 aromatic carbocycles. The van der Waals surface area contributed by atoms with Crippen molar-refractivity contribution in [3.05, 3.63) is 69.7 Å². The average Bonchev–Trinajstić information content (AvgIpc) is 3.19. The Labute approximate surface area is 152 Å². The van der Waals surface area contributed by atoms with E-state index in [1.165, 1.54) is 17.9 Å². The van der Waals surface area contributed by atoms with Crippen LogP contribution in [-0.2, 0) is 18.4 Å². The van der Waals surface area contributed by atoms with Gasteiger partial charge in [-0.15, -0.1) is 0 Å². The van der Waals surface area contributed by atoms with E-state index in [0.717, 1.165) is 5.52 Å². The maximum Gasteiger partial charge on any atom is 0.342 e. The third kappa shape index (κ3) is 2.57. The first-order chi connectivity index (χ1) is 13.0. The summed E-state index contributed by atoms with van der Waals surface area (Å²) in [6.07, 6.45) is 4.88. The van der Waals surface area contributed by atoms with Gasteiger partial charge in [-0.1, -0.05) is 6.07 Å². The zero-order valence-corrected chi connectivity index (χ0v) is 14.6. The molecule has 0 amide bonds. The van der Waals surface area contributed by atoms with E-state index in [1.54, 1.807) is 17.5 Å². The van der Waals surface area contributed by atoms with E-state index in [4.69, 9.17) is 9.15 Å². The van der Waals surface area contributed by atoms with Crippen molar-refractivity contribution in [2.75, 3.05) is 0 Å². The number of hydrogen-bond acceptors (Lipinski definition) is 6. The van der Waals surface area contributed by atoms with Crippen LogP contribution in [0.1, 0.15) is 27.2 Å². The minimum atomic E-state index is -0.699. The fourth-order valence-corrected chi connectivity index (χ4v) is 3.06. The van der Waals surface area contributed by atoms with E-state index in [-0.39, 0.29) is 29.0 Å². The number of pyridine rings is 1. The molecule has 0 aliphatic heterocycles. The molecule has 0 saturated heterocycles. The van der Waals surface area contributed by atoms with Crippen LogP contribution < -0.4 is 5.56 Å². The zero-order chi connectivity index (χ0) is 19.1. The molecule has 0 radical (unpaired) electrons. The molecule has 0 unspecified atom stereocenters. The van der Waals surface area contributed by atoms with E-state index < -0.39 is 11.5 Å². The number of esters is 1. The lowest BCUT2D eigenvalue weighted by Crippen LogP contribution is -2.19. The molecule has 8 heteroatoms. The summed E-state index contributed by atoms with van der Waals surface area (Å²) in [5.41, 5.74) is 1.50. The van der Waals surface area contributed by atoms with Gasteiger partial charge in [-0.3, -0.25) is 4.79 Å². The Balaban J connectivity index is 1.70. The molecule has 4 aromatic heterocycles. The first-order valence-corrected chi connectivity index (χ1v) is 8.11. The third-order valence-corrected chi connectivity index (χ3v) is 4.39. The summed E-state index contributed by atoms with van der Waals surface area (Å²) in [4.78, 5) is 29.0. The highest BCUT2D eigenvalue weighted by Crippen LogP contribution is 2.23. The van der Waals surface area contributed by atoms with Gasteiger partial charge in [0.05, 0.1) is 11.1 Å². The number of aromatic nitrogens is 3. The molecular weight excluding hydrogens is 348 g/mol. The van der Waals surface area contributed by atoms with Gasteiger partial charge in [-0.25, -0.2) is 9.78 Å². The van der Waals surface area contributed by atoms with Gasteiger partial charge in [-0.05, 0) is 19.1 Å². The first-order valence-electron chi connectivity index (χ1n) is 8.11. The SMILES string of the molecule is Cc1oc2ncn(C)c(=O)c2c1C(=O)OCc1cn2ccccc2c1C#N. The zero-order valence-electron chi connectivity index (χ0n) is 14.6. The molecule has 0 saturated carbocycles. The van der Waals surface area contributed by atoms with Crippen LogP contribution in [0.2, 0.25) is 0 Å². The van der Waals surface area contributed by atoms with E-state index in [9.17, 15) is 14.9 Å². The average molecular weight is 362 g/mol. The summed E-state index contributed by atoms with van der Waals surface area (Å²) in [6.45, 7) is 1.47. The summed E-state index contributed by atoms with van der Waals surface area (Å²) in [7, 11) is 1.54. The molecule has 0 aliphatic rings. The minimum absolute atomic E-state index is 0.0565. The van der Waals surface area contributed by atoms with Gasteiger partial charge in [0, 0.05) is 25.0 Å². The highest BCUT2D eigenvalue weighted by Gasteiger charge is 2.24. The van der Waals surface area contributed by atoms with Gasteiger partial charge >= 0.3 is 5.97 Å². The van der Waals surface area contributed by atoms with Crippen molar-refractivity contribution in [2.45, 2.75) is 13.5 Å². The molecule has 0 spiro atoms. The number of furan rings is 1. The molecule has 4 heterocycles. The summed E-state index contributed by atoms with van der Waals surface area (Å²) in [5, 5.41) is 9.52. The van der Waals surface area contributed by atoms with E-state index in [0.29, 0.717) is 11.1 Å². The summed E-state index contributed by atoms with van der Waals surface area (Å²) < 4.78 is 13.9. The molecule has 27 heavy (non-hydrogen) atoms. The molecule has 0 atom stereocenters. The fourth-order valence-electron chi connectivity index (χ4n) is 3.06. The molecule has 134 valence electrons. The number of fused-ring (bicyclic) bond motifs is 2. The summed E-state index contributed by atoms with van der Waals surface area (Å²) >= 11 is 0. The van der Waals surface area contributed by atoms with Crippen molar-refractivity contribution < 1.29 is 13.9 Å². The monoisotopic (exact) mass is 362 g/mol. The molecule has 4 aromatic rings. The van der Waals surface area contributed by atoms with Crippen LogP contribution in [0.5, 0.6) is 0 Å². The number of carbonyl (C=O) groups excluding carboxylic acids is 1. The molecule has 0 N–H and O–H groups in total. The maximum atomic E-state index is 12.6. The fraction of sp³-hybridized carbons (Fsp3) is 0.158. The Kier molecular flexibility index (Phi) is 3.78. The van der Waals surface area contributed by atoms with Gasteiger partial charge in [0.25, 0.3) is 5.56 Å². The van der Waals surface area contributed by atoms with E-state index in [2.05, 4.69) is 11.1 Å². The van der Waals surface area contributed by atoms with Crippen molar-refractivity contribution in [3.8, 4) is 6.07 Å². The second kappa shape index (κ2) is 6.14. The van der Waals surface area contributed by atoms with Crippen molar-refractivity contribution >= 4 is 22.6 Å². The standard InChI is InChI=1S/C19H14N4O4/c1-11-15(16-17(27-11)21-10-22(2)18(16)24)19(25)26-9-12-8-23-6-4-3-5-14(23)13(12)7-20/h3-6,8,10H,9H2,1-2H3. The van der Waals surface area contributed by atoms with Crippen molar-refractivity contribution in [1.82, 2.24) is 14.0 Å². The van der Waals surface area contributed by atoms with Crippen LogP contribution in [0.4, 0.5) is 0 Å². The van der Waals surface area contributed by atoms with Gasteiger partial charge in [-0.2, -0.15) is 5.26 Å². The van der Waals surface area contributed by atoms with Crippen molar-refractivity contribution in [2.24, 2.45) is 7.05 Å². The predicted molar refractivity (Wildman–Crippen MR) is 95.2 cm³/mol. The number of hydrogen-bond donors (Lipinski definition) is 0. The minimum Gasteiger partial charge on any atom is -0.457 e. The van der Waals surface area contributed by atoms with Crippen LogP contribution in [0.15, 0.2) is 46.1 Å². The number of nitrogens with zero attached hydrogens (tertiary/aromatic N) is 4. The van der Waals surface area contributed by atoms with Gasteiger partial charge in [0.1, 0.15) is 35.7 Å². The van der Waals surface area contributed by atoms with Crippen molar-refractivity contribution in [3.63, 3.8) is 0 Å². The van der Waals surface area contributed by atoms with Crippen molar-refractivity contribution in [1.29, 1.82) is 5.26 Å². The third-order valence-electron chi connectivity index (χ3n) is 4.39. The Morgan fingerprint density at radius 2 is 2.22 bits per heavy atom. The lowest BCUT2D eigenvalue weighted by molar-refractivity contribution is 0.0472. The quantitative estimate of drug-likeness (QED) is 0.518. The number of carbonyl (C=O) groups is 1. The highest BCUT2D eigenvalue weighted by molar-refractivity contribution is 6.03. The molecule has 0 fully saturated rings. The summed E-state index contributed by atoms with van der Waals surface area (Å²) in [5.74, 6) is -0.441. The Hall–Kier alpha value is -3.86. The number of rotatable bonds is 3. The molecule has 0 bridgehead atoms. The maximum absolute atomic E-state index is 12.6. The predicted octanol–water partition coefficient (Wildman–Crippen LogP) is 2.32. The van der Waals surface area contributed by atoms with E-state index >= 15 is 0 Å². The molecule has 4 rings (SSSR count). The molecular formula is C19H14N4O4. The largest absolute Gasteiger partial charge is 0.457 e. The van der Waals surface area contributed by atoms with Crippen LogP contribution >= 0.6 is 0 Å². The normalized spacial score (nSPS) is 11.0. The molecule has 8 nitrogen and oxygen atoms in total. The Morgan fingerprint density at radius 3 is 3.00 bits per heavy atom. The number of aryl methyl sites for hydroxylation is 2. The van der Waals surface area contributed by atoms with Crippen LogP contribution in [-0.4, -0.2) is 19.9 Å².